The van der Waals surface area contributed by atoms with Crippen molar-refractivity contribution in [3.8, 4) is 0 Å². The van der Waals surface area contributed by atoms with Crippen LogP contribution in [-0.4, -0.2) is 74.3 Å². The zero-order valence-electron chi connectivity index (χ0n) is 17.7. The molecule has 2 saturated heterocycles. The van der Waals surface area contributed by atoms with Gasteiger partial charge in [-0.15, -0.1) is 0 Å². The smallest absolute Gasteiger partial charge is 0.240 e. The number of piperidine rings is 1. The first-order valence-electron chi connectivity index (χ1n) is 10.8. The second-order valence-corrected chi connectivity index (χ2v) is 8.87. The average Bonchev–Trinajstić information content (AvgIpc) is 3.32. The fraction of sp³-hybridized carbons (Fsp3) is 0.600. The fourth-order valence-corrected chi connectivity index (χ4v) is 4.49. The van der Waals surface area contributed by atoms with Crippen molar-refractivity contribution < 1.29 is 14.4 Å². The fourth-order valence-electron chi connectivity index (χ4n) is 3.92. The predicted molar refractivity (Wildman–Crippen MR) is 117 cm³/mol. The number of aromatic nitrogens is 4. The van der Waals surface area contributed by atoms with Crippen LogP contribution in [-0.2, 0) is 20.9 Å². The molecule has 2 aromatic heterocycles. The summed E-state index contributed by atoms with van der Waals surface area (Å²) < 4.78 is 1.77. The number of nitrogens with zero attached hydrogens (tertiary/aromatic N) is 6. The van der Waals surface area contributed by atoms with Crippen LogP contribution in [0.4, 0.5) is 5.82 Å². The molecule has 4 heterocycles. The second kappa shape index (κ2) is 9.63. The van der Waals surface area contributed by atoms with Gasteiger partial charge in [-0.05, 0) is 25.0 Å². The zero-order chi connectivity index (χ0) is 21.8. The SMILES string of the molecule is CCSc1nc(N2CCCCC2)c2cnn(CCNC(=O)CN3C(=O)CCC3=O)c2n1. The Morgan fingerprint density at radius 2 is 1.87 bits per heavy atom. The molecule has 0 radical (unpaired) electrons. The van der Waals surface area contributed by atoms with Crippen molar-refractivity contribution in [1.82, 2.24) is 30.0 Å². The summed E-state index contributed by atoms with van der Waals surface area (Å²) in [5, 5.41) is 8.90. The van der Waals surface area contributed by atoms with E-state index in [-0.39, 0.29) is 37.1 Å². The van der Waals surface area contributed by atoms with Gasteiger partial charge >= 0.3 is 0 Å². The Balaban J connectivity index is 1.45. The first-order valence-corrected chi connectivity index (χ1v) is 11.8. The molecule has 2 aromatic rings. The van der Waals surface area contributed by atoms with Crippen molar-refractivity contribution in [2.45, 2.75) is 50.7 Å². The zero-order valence-corrected chi connectivity index (χ0v) is 18.5. The lowest BCUT2D eigenvalue weighted by Gasteiger charge is -2.28. The maximum absolute atomic E-state index is 12.2. The Labute approximate surface area is 184 Å². The highest BCUT2D eigenvalue weighted by atomic mass is 32.2. The van der Waals surface area contributed by atoms with Crippen LogP contribution < -0.4 is 10.2 Å². The highest BCUT2D eigenvalue weighted by molar-refractivity contribution is 7.99. The van der Waals surface area contributed by atoms with Crippen LogP contribution in [0.5, 0.6) is 0 Å². The molecule has 0 unspecified atom stereocenters. The van der Waals surface area contributed by atoms with Crippen LogP contribution in [0, 0.1) is 0 Å². The maximum Gasteiger partial charge on any atom is 0.240 e. The van der Waals surface area contributed by atoms with E-state index in [1.807, 2.05) is 0 Å². The number of fused-ring (bicyclic) bond motifs is 1. The Morgan fingerprint density at radius 3 is 2.58 bits per heavy atom. The summed E-state index contributed by atoms with van der Waals surface area (Å²) in [4.78, 5) is 48.3. The van der Waals surface area contributed by atoms with Gasteiger partial charge in [0, 0.05) is 32.5 Å². The van der Waals surface area contributed by atoms with Gasteiger partial charge in [0.2, 0.25) is 17.7 Å². The topological polar surface area (TPSA) is 113 Å². The van der Waals surface area contributed by atoms with Crippen LogP contribution >= 0.6 is 11.8 Å². The van der Waals surface area contributed by atoms with E-state index in [4.69, 9.17) is 9.97 Å². The lowest BCUT2D eigenvalue weighted by Crippen LogP contribution is -2.40. The van der Waals surface area contributed by atoms with Gasteiger partial charge in [0.25, 0.3) is 0 Å². The van der Waals surface area contributed by atoms with Crippen molar-refractivity contribution in [1.29, 1.82) is 0 Å². The third kappa shape index (κ3) is 4.81. The van der Waals surface area contributed by atoms with Crippen molar-refractivity contribution >= 4 is 46.3 Å². The summed E-state index contributed by atoms with van der Waals surface area (Å²) in [5.41, 5.74) is 0.755. The minimum Gasteiger partial charge on any atom is -0.356 e. The van der Waals surface area contributed by atoms with Crippen LogP contribution in [0.25, 0.3) is 11.0 Å². The van der Waals surface area contributed by atoms with Crippen molar-refractivity contribution in [3.05, 3.63) is 6.20 Å². The Bertz CT molecular complexity index is 971. The van der Waals surface area contributed by atoms with E-state index in [9.17, 15) is 14.4 Å². The van der Waals surface area contributed by atoms with Gasteiger partial charge in [-0.3, -0.25) is 19.3 Å². The molecule has 31 heavy (non-hydrogen) atoms. The number of imide groups is 1. The number of hydrogen-bond donors (Lipinski definition) is 1. The molecule has 2 fully saturated rings. The summed E-state index contributed by atoms with van der Waals surface area (Å²) in [5.74, 6) is 0.874. The minimum absolute atomic E-state index is 0.183. The molecule has 4 rings (SSSR count). The molecule has 0 bridgehead atoms. The monoisotopic (exact) mass is 445 g/mol. The van der Waals surface area contributed by atoms with Gasteiger partial charge in [-0.1, -0.05) is 18.7 Å². The first-order chi connectivity index (χ1) is 15.1. The Morgan fingerprint density at radius 1 is 1.13 bits per heavy atom. The molecular weight excluding hydrogens is 418 g/mol. The largest absolute Gasteiger partial charge is 0.356 e. The molecule has 10 nitrogen and oxygen atoms in total. The molecule has 2 aliphatic rings. The molecule has 2 aliphatic heterocycles. The average molecular weight is 446 g/mol. The summed E-state index contributed by atoms with van der Waals surface area (Å²) in [6.45, 7) is 4.57. The number of thioether (sulfide) groups is 1. The number of carbonyl (C=O) groups excluding carboxylic acids is 3. The van der Waals surface area contributed by atoms with E-state index < -0.39 is 0 Å². The lowest BCUT2D eigenvalue weighted by molar-refractivity contribution is -0.142. The number of carbonyl (C=O) groups is 3. The van der Waals surface area contributed by atoms with Crippen molar-refractivity contribution in [2.24, 2.45) is 0 Å². The minimum atomic E-state index is -0.356. The van der Waals surface area contributed by atoms with Crippen molar-refractivity contribution in [3.63, 3.8) is 0 Å². The number of hydrogen-bond acceptors (Lipinski definition) is 8. The number of amides is 3. The van der Waals surface area contributed by atoms with Gasteiger partial charge in [-0.25, -0.2) is 14.6 Å². The third-order valence-electron chi connectivity index (χ3n) is 5.49. The molecule has 166 valence electrons. The second-order valence-electron chi connectivity index (χ2n) is 7.64. The molecule has 11 heteroatoms. The Hall–Kier alpha value is -2.69. The molecule has 3 amide bonds. The summed E-state index contributed by atoms with van der Waals surface area (Å²) in [6.07, 6.45) is 5.72. The first kappa shape index (κ1) is 21.5. The van der Waals surface area contributed by atoms with E-state index >= 15 is 0 Å². The van der Waals surface area contributed by atoms with E-state index in [1.165, 1.54) is 6.42 Å². The molecule has 0 saturated carbocycles. The summed E-state index contributed by atoms with van der Waals surface area (Å²) in [7, 11) is 0. The predicted octanol–water partition coefficient (Wildman–Crippen LogP) is 1.19. The normalized spacial score (nSPS) is 17.1. The van der Waals surface area contributed by atoms with Crippen LogP contribution in [0.15, 0.2) is 11.4 Å². The number of nitrogens with one attached hydrogen (secondary N) is 1. The van der Waals surface area contributed by atoms with Crippen LogP contribution in [0.3, 0.4) is 0 Å². The molecule has 0 atom stereocenters. The number of rotatable bonds is 8. The summed E-state index contributed by atoms with van der Waals surface area (Å²) in [6, 6.07) is 0. The van der Waals surface area contributed by atoms with Gasteiger partial charge in [0.05, 0.1) is 18.1 Å². The van der Waals surface area contributed by atoms with E-state index in [2.05, 4.69) is 22.2 Å². The van der Waals surface area contributed by atoms with E-state index in [0.717, 1.165) is 58.6 Å². The van der Waals surface area contributed by atoms with E-state index in [0.29, 0.717) is 13.1 Å². The highest BCUT2D eigenvalue weighted by Gasteiger charge is 2.30. The number of anilines is 1. The third-order valence-corrected chi connectivity index (χ3v) is 6.22. The molecule has 0 aliphatic carbocycles. The van der Waals surface area contributed by atoms with E-state index in [1.54, 1.807) is 22.6 Å². The summed E-state index contributed by atoms with van der Waals surface area (Å²) >= 11 is 1.60. The molecule has 0 aromatic carbocycles. The van der Waals surface area contributed by atoms with Gasteiger partial charge in [0.15, 0.2) is 10.8 Å². The van der Waals surface area contributed by atoms with Crippen LogP contribution in [0.2, 0.25) is 0 Å². The van der Waals surface area contributed by atoms with Gasteiger partial charge in [0.1, 0.15) is 12.4 Å². The number of likely N-dealkylation sites (tertiary alicyclic amines) is 1. The Kier molecular flexibility index (Phi) is 6.69. The van der Waals surface area contributed by atoms with Gasteiger partial charge in [-0.2, -0.15) is 5.10 Å². The quantitative estimate of drug-likeness (QED) is 0.366. The van der Waals surface area contributed by atoms with Crippen molar-refractivity contribution in [2.75, 3.05) is 36.8 Å². The van der Waals surface area contributed by atoms with Crippen LogP contribution in [0.1, 0.15) is 39.0 Å². The molecular formula is C20H27N7O3S. The van der Waals surface area contributed by atoms with Gasteiger partial charge < -0.3 is 10.2 Å². The lowest BCUT2D eigenvalue weighted by atomic mass is 10.1. The molecule has 0 spiro atoms. The highest BCUT2D eigenvalue weighted by Crippen LogP contribution is 2.29. The molecule has 1 N–H and O–H groups in total. The standard InChI is InChI=1S/C20H27N7O3S/c1-2-31-20-23-18(25-9-4-3-5-10-25)14-12-22-27(19(14)24-20)11-8-21-15(28)13-26-16(29)6-7-17(26)30/h12H,2-11,13H2,1H3,(H,21,28). The maximum atomic E-state index is 12.2.